The average molecular weight is 486 g/mol. The third-order valence-corrected chi connectivity index (χ3v) is 7.25. The molecule has 0 radical (unpaired) electrons. The first-order valence-corrected chi connectivity index (χ1v) is 11.6. The fraction of sp³-hybridized carbons (Fsp3) is 0.304. The van der Waals surface area contributed by atoms with Crippen molar-refractivity contribution in [2.75, 3.05) is 13.7 Å². The van der Waals surface area contributed by atoms with Gasteiger partial charge in [0.15, 0.2) is 0 Å². The van der Waals surface area contributed by atoms with Crippen LogP contribution in [0.2, 0.25) is 0 Å². The minimum atomic E-state index is 0.0684. The summed E-state index contributed by atoms with van der Waals surface area (Å²) in [6, 6.07) is 8.17. The van der Waals surface area contributed by atoms with Gasteiger partial charge in [-0.1, -0.05) is 6.07 Å². The molecular weight excluding hydrogens is 462 g/mol. The highest BCUT2D eigenvalue weighted by molar-refractivity contribution is 9.10. The van der Waals surface area contributed by atoms with Crippen LogP contribution in [-0.4, -0.2) is 34.0 Å². The number of nitrogens with zero attached hydrogens (tertiary/aromatic N) is 3. The van der Waals surface area contributed by atoms with Gasteiger partial charge in [-0.15, -0.1) is 11.3 Å². The number of halogens is 1. The first-order chi connectivity index (χ1) is 14.5. The summed E-state index contributed by atoms with van der Waals surface area (Å²) in [6.45, 7) is 4.84. The molecule has 1 amide bonds. The summed E-state index contributed by atoms with van der Waals surface area (Å²) in [5, 5.41) is 2.06. The molecule has 1 saturated heterocycles. The second kappa shape index (κ2) is 8.78. The number of hydrogen-bond donors (Lipinski definition) is 0. The number of carbonyl (C=O) groups excluding carboxylic acids is 1. The first kappa shape index (κ1) is 20.9. The number of thiophene rings is 1. The molecule has 2 aromatic heterocycles. The number of hydrogen-bond acceptors (Lipinski definition) is 4. The maximum Gasteiger partial charge on any atom is 0.250 e. The maximum absolute atomic E-state index is 13.2. The maximum atomic E-state index is 13.2. The van der Waals surface area contributed by atoms with Gasteiger partial charge in [0.25, 0.3) is 0 Å². The topological polar surface area (TPSA) is 47.4 Å². The molecule has 0 bridgehead atoms. The van der Waals surface area contributed by atoms with E-state index in [1.54, 1.807) is 24.8 Å². The fourth-order valence-electron chi connectivity index (χ4n) is 3.79. The lowest BCUT2D eigenvalue weighted by Crippen LogP contribution is -2.38. The van der Waals surface area contributed by atoms with Crippen LogP contribution in [0.5, 0.6) is 5.75 Å². The lowest BCUT2D eigenvalue weighted by atomic mass is 9.99. The van der Waals surface area contributed by atoms with E-state index >= 15 is 0 Å². The van der Waals surface area contributed by atoms with E-state index in [9.17, 15) is 4.79 Å². The average Bonchev–Trinajstić information content (AvgIpc) is 3.37. The SMILES string of the molecule is COc1cc(/C=C2\CCCN([C@@H](C)c3cc(Br)cs3)C2=O)ccc1-n1cnc(C)c1. The van der Waals surface area contributed by atoms with Crippen molar-refractivity contribution in [3.8, 4) is 11.4 Å². The molecule has 1 fully saturated rings. The molecule has 4 rings (SSSR count). The van der Waals surface area contributed by atoms with E-state index in [0.29, 0.717) is 0 Å². The highest BCUT2D eigenvalue weighted by Crippen LogP contribution is 2.33. The van der Waals surface area contributed by atoms with Crippen LogP contribution >= 0.6 is 27.3 Å². The molecule has 0 spiro atoms. The summed E-state index contributed by atoms with van der Waals surface area (Å²) in [6.07, 6.45) is 7.50. The van der Waals surface area contributed by atoms with Gasteiger partial charge < -0.3 is 14.2 Å². The standard InChI is InChI=1S/C23H24BrN3O2S/c1-15-12-26(14-25-15)20-7-6-17(10-21(20)29-3)9-18-5-4-8-27(23(18)28)16(2)22-11-19(24)13-30-22/h6-7,9-14,16H,4-5,8H2,1-3H3/b18-9+/t16-/m0/s1. The zero-order chi connectivity index (χ0) is 21.3. The van der Waals surface area contributed by atoms with Crippen molar-refractivity contribution >= 4 is 39.2 Å². The summed E-state index contributed by atoms with van der Waals surface area (Å²) in [5.74, 6) is 0.866. The second-order valence-corrected chi connectivity index (χ2v) is 9.33. The van der Waals surface area contributed by atoms with Gasteiger partial charge in [0.1, 0.15) is 5.75 Å². The zero-order valence-electron chi connectivity index (χ0n) is 17.3. The molecule has 3 aromatic rings. The van der Waals surface area contributed by atoms with Crippen LogP contribution in [0.1, 0.15) is 41.9 Å². The summed E-state index contributed by atoms with van der Waals surface area (Å²) >= 11 is 5.19. The Bertz CT molecular complexity index is 1100. The summed E-state index contributed by atoms with van der Waals surface area (Å²) < 4.78 is 8.62. The van der Waals surface area contributed by atoms with Crippen LogP contribution < -0.4 is 4.74 Å². The highest BCUT2D eigenvalue weighted by atomic mass is 79.9. The second-order valence-electron chi connectivity index (χ2n) is 7.47. The largest absolute Gasteiger partial charge is 0.495 e. The molecule has 7 heteroatoms. The molecule has 1 aliphatic heterocycles. The van der Waals surface area contributed by atoms with Crippen LogP contribution in [-0.2, 0) is 4.79 Å². The Morgan fingerprint density at radius 3 is 2.83 bits per heavy atom. The van der Waals surface area contributed by atoms with Crippen molar-refractivity contribution in [3.63, 3.8) is 0 Å². The number of ether oxygens (including phenoxy) is 1. The van der Waals surface area contributed by atoms with E-state index in [0.717, 1.165) is 52.1 Å². The normalized spacial score (nSPS) is 16.9. The van der Waals surface area contributed by atoms with Gasteiger partial charge in [0.2, 0.25) is 5.91 Å². The molecular formula is C23H24BrN3O2S. The van der Waals surface area contributed by atoms with Gasteiger partial charge in [0, 0.05) is 33.0 Å². The predicted molar refractivity (Wildman–Crippen MR) is 124 cm³/mol. The van der Waals surface area contributed by atoms with Gasteiger partial charge in [0.05, 0.1) is 30.9 Å². The Balaban J connectivity index is 1.60. The predicted octanol–water partition coefficient (Wildman–Crippen LogP) is 5.78. The minimum absolute atomic E-state index is 0.0684. The molecule has 0 N–H and O–H groups in total. The van der Waals surface area contributed by atoms with E-state index in [1.807, 2.05) is 46.9 Å². The summed E-state index contributed by atoms with van der Waals surface area (Å²) in [5.41, 5.74) is 3.68. The van der Waals surface area contributed by atoms with Crippen molar-refractivity contribution in [2.24, 2.45) is 0 Å². The molecule has 3 heterocycles. The molecule has 0 aliphatic carbocycles. The van der Waals surface area contributed by atoms with Crippen LogP contribution in [0.3, 0.4) is 0 Å². The van der Waals surface area contributed by atoms with Crippen LogP contribution in [0.25, 0.3) is 11.8 Å². The van der Waals surface area contributed by atoms with Gasteiger partial charge in [-0.05, 0) is 72.5 Å². The van der Waals surface area contributed by atoms with Gasteiger partial charge in [-0.3, -0.25) is 4.79 Å². The Labute approximate surface area is 189 Å². The molecule has 30 heavy (non-hydrogen) atoms. The molecule has 5 nitrogen and oxygen atoms in total. The zero-order valence-corrected chi connectivity index (χ0v) is 19.7. The van der Waals surface area contributed by atoms with E-state index in [-0.39, 0.29) is 11.9 Å². The number of aryl methyl sites for hydroxylation is 1. The summed E-state index contributed by atoms with van der Waals surface area (Å²) in [7, 11) is 1.66. The Hall–Kier alpha value is -2.38. The molecule has 156 valence electrons. The van der Waals surface area contributed by atoms with Crippen molar-refractivity contribution in [2.45, 2.75) is 32.7 Å². The highest BCUT2D eigenvalue weighted by Gasteiger charge is 2.28. The van der Waals surface area contributed by atoms with Crippen molar-refractivity contribution in [3.05, 3.63) is 68.4 Å². The third-order valence-electron chi connectivity index (χ3n) is 5.38. The van der Waals surface area contributed by atoms with E-state index in [4.69, 9.17) is 4.74 Å². The third kappa shape index (κ3) is 4.23. The van der Waals surface area contributed by atoms with Gasteiger partial charge in [-0.2, -0.15) is 0 Å². The number of imidazole rings is 1. The Kier molecular flexibility index (Phi) is 6.11. The molecule has 1 atom stereocenters. The van der Waals surface area contributed by atoms with E-state index in [2.05, 4.69) is 39.3 Å². The number of aromatic nitrogens is 2. The smallest absolute Gasteiger partial charge is 0.250 e. The number of carbonyl (C=O) groups is 1. The van der Waals surface area contributed by atoms with E-state index in [1.165, 1.54) is 4.88 Å². The first-order valence-electron chi connectivity index (χ1n) is 9.90. The van der Waals surface area contributed by atoms with Gasteiger partial charge in [-0.25, -0.2) is 4.98 Å². The van der Waals surface area contributed by atoms with Crippen LogP contribution in [0.15, 0.2) is 52.2 Å². The monoisotopic (exact) mass is 485 g/mol. The number of likely N-dealkylation sites (tertiary alicyclic amines) is 1. The fourth-order valence-corrected chi connectivity index (χ4v) is 5.30. The number of benzene rings is 1. The van der Waals surface area contributed by atoms with Crippen LogP contribution in [0.4, 0.5) is 0 Å². The van der Waals surface area contributed by atoms with Crippen molar-refractivity contribution in [1.29, 1.82) is 0 Å². The molecule has 0 unspecified atom stereocenters. The molecule has 1 aliphatic rings. The minimum Gasteiger partial charge on any atom is -0.495 e. The quantitative estimate of drug-likeness (QED) is 0.430. The van der Waals surface area contributed by atoms with Crippen molar-refractivity contribution in [1.82, 2.24) is 14.5 Å². The van der Waals surface area contributed by atoms with Crippen molar-refractivity contribution < 1.29 is 9.53 Å². The number of piperidine rings is 1. The molecule has 1 aromatic carbocycles. The summed E-state index contributed by atoms with van der Waals surface area (Å²) in [4.78, 5) is 20.7. The number of methoxy groups -OCH3 is 1. The Morgan fingerprint density at radius 2 is 2.17 bits per heavy atom. The van der Waals surface area contributed by atoms with Crippen LogP contribution in [0, 0.1) is 6.92 Å². The Morgan fingerprint density at radius 1 is 1.33 bits per heavy atom. The van der Waals surface area contributed by atoms with E-state index < -0.39 is 0 Å². The molecule has 0 saturated carbocycles. The lowest BCUT2D eigenvalue weighted by Gasteiger charge is -2.33. The lowest BCUT2D eigenvalue weighted by molar-refractivity contribution is -0.130. The number of rotatable bonds is 5. The van der Waals surface area contributed by atoms with Gasteiger partial charge >= 0.3 is 0 Å². The number of amides is 1.